The van der Waals surface area contributed by atoms with Crippen molar-refractivity contribution in [1.82, 2.24) is 70.6 Å². The Bertz CT molecular complexity index is 2780. The lowest BCUT2D eigenvalue weighted by molar-refractivity contribution is 0.332. The van der Waals surface area contributed by atoms with Gasteiger partial charge in [0.05, 0.1) is 29.4 Å². The summed E-state index contributed by atoms with van der Waals surface area (Å²) in [5, 5.41) is 44.2. The third-order valence-corrected chi connectivity index (χ3v) is 13.1. The number of hydrogen-bond acceptors (Lipinski definition) is 16. The Labute approximate surface area is 399 Å². The van der Waals surface area contributed by atoms with E-state index in [1.807, 2.05) is 117 Å². The molecule has 0 radical (unpaired) electrons. The van der Waals surface area contributed by atoms with E-state index in [1.54, 1.807) is 70.3 Å². The van der Waals surface area contributed by atoms with Crippen molar-refractivity contribution in [1.29, 1.82) is 0 Å². The number of rotatable bonds is 17. The van der Waals surface area contributed by atoms with Crippen molar-refractivity contribution in [2.75, 3.05) is 23.9 Å². The van der Waals surface area contributed by atoms with Gasteiger partial charge < -0.3 is 5.11 Å². The molecular weight excluding hydrogens is 905 g/mol. The van der Waals surface area contributed by atoms with Crippen molar-refractivity contribution >= 4 is 33.4 Å². The van der Waals surface area contributed by atoms with Crippen LogP contribution in [0.15, 0.2) is 180 Å². The SMILES string of the molecule is C=C(C)CO.C=C(C)CSc1nnnn1-c1ccccc1.CC(CSc1nnnn1-c1ccccc1)Cc1ccccn1.CC(Cc1ccccn1)CS(=O)(=O)c1nnnn1-c1ccccc1. The average molecular weight is 959 g/mol. The summed E-state index contributed by atoms with van der Waals surface area (Å²) in [7, 11) is -3.62. The third-order valence-electron chi connectivity index (χ3n) is 8.89. The second kappa shape index (κ2) is 27.0. The molecule has 5 heterocycles. The van der Waals surface area contributed by atoms with Gasteiger partial charge in [0.15, 0.2) is 0 Å². The Morgan fingerprint density at radius 2 is 1.00 bits per heavy atom. The minimum absolute atomic E-state index is 0.0449. The Morgan fingerprint density at radius 3 is 1.45 bits per heavy atom. The van der Waals surface area contributed by atoms with Crippen LogP contribution in [0.5, 0.6) is 0 Å². The summed E-state index contributed by atoms with van der Waals surface area (Å²) in [6.07, 6.45) is 5.07. The zero-order valence-corrected chi connectivity index (χ0v) is 40.3. The molecule has 17 nitrogen and oxygen atoms in total. The van der Waals surface area contributed by atoms with Gasteiger partial charge in [0.2, 0.25) is 20.2 Å². The van der Waals surface area contributed by atoms with Crippen LogP contribution in [0.2, 0.25) is 0 Å². The smallest absolute Gasteiger partial charge is 0.272 e. The maximum absolute atomic E-state index is 12.7. The van der Waals surface area contributed by atoms with E-state index in [9.17, 15) is 8.42 Å². The molecular formula is C47H54N14O3S3. The van der Waals surface area contributed by atoms with E-state index < -0.39 is 9.84 Å². The molecule has 0 aliphatic carbocycles. The van der Waals surface area contributed by atoms with Gasteiger partial charge in [-0.3, -0.25) is 9.97 Å². The van der Waals surface area contributed by atoms with Crippen LogP contribution in [0, 0.1) is 11.8 Å². The predicted molar refractivity (Wildman–Crippen MR) is 262 cm³/mol. The molecule has 0 bridgehead atoms. The van der Waals surface area contributed by atoms with Crippen molar-refractivity contribution in [3.05, 3.63) is 175 Å². The first-order valence-corrected chi connectivity index (χ1v) is 24.7. The van der Waals surface area contributed by atoms with Crippen LogP contribution in [0.4, 0.5) is 0 Å². The number of aromatic nitrogens is 14. The zero-order chi connectivity index (χ0) is 47.9. The molecule has 0 aliphatic rings. The van der Waals surface area contributed by atoms with Gasteiger partial charge >= 0.3 is 0 Å². The largest absolute Gasteiger partial charge is 0.392 e. The van der Waals surface area contributed by atoms with E-state index >= 15 is 0 Å². The third kappa shape index (κ3) is 17.2. The number of benzene rings is 3. The summed E-state index contributed by atoms with van der Waals surface area (Å²) >= 11 is 3.26. The molecule has 3 aromatic carbocycles. The molecule has 0 saturated carbocycles. The summed E-state index contributed by atoms with van der Waals surface area (Å²) in [4.78, 5) is 8.61. The van der Waals surface area contributed by atoms with Crippen LogP contribution in [-0.4, -0.2) is 108 Å². The maximum Gasteiger partial charge on any atom is 0.272 e. The second-order valence-corrected chi connectivity index (χ2v) is 19.2. The number of aliphatic hydroxyl groups excluding tert-OH is 1. The molecule has 1 N–H and O–H groups in total. The Balaban J connectivity index is 0.000000182. The van der Waals surface area contributed by atoms with Crippen LogP contribution in [-0.2, 0) is 22.7 Å². The standard InChI is InChI=1S/C16H17N5O2S.C16H17N5S.C11H12N4S.C4H8O/c1-13(11-14-7-5-6-10-17-14)12-24(22,23)16-18-19-20-21(16)15-8-3-2-4-9-15;1-13(11-14-7-5-6-10-17-14)12-22-16-18-19-20-21(16)15-8-3-2-4-9-15;1-9(2)8-16-11-12-13-14-15(11)10-6-4-3-5-7-10;1-4(2)3-5/h2-10,13H,11-12H2,1H3;2-10,13H,11-12H2,1H3;3-7H,1,8H2,2H3;5H,1,3H2,2H3. The van der Waals surface area contributed by atoms with Crippen LogP contribution >= 0.6 is 23.5 Å². The first-order chi connectivity index (χ1) is 32.4. The molecule has 0 spiro atoms. The Hall–Kier alpha value is -6.74. The van der Waals surface area contributed by atoms with Crippen molar-refractivity contribution in [3.63, 3.8) is 0 Å². The van der Waals surface area contributed by atoms with Crippen molar-refractivity contribution in [2.45, 2.75) is 56.0 Å². The van der Waals surface area contributed by atoms with Gasteiger partial charge in [-0.25, -0.2) is 8.42 Å². The molecule has 5 aromatic heterocycles. The first kappa shape index (κ1) is 51.2. The summed E-state index contributed by atoms with van der Waals surface area (Å²) in [6, 6.07) is 40.4. The van der Waals surface area contributed by atoms with Gasteiger partial charge in [-0.05, 0) is 130 Å². The van der Waals surface area contributed by atoms with Crippen LogP contribution in [0.25, 0.3) is 17.1 Å². The molecule has 67 heavy (non-hydrogen) atoms. The van der Waals surface area contributed by atoms with Crippen LogP contribution in [0.1, 0.15) is 39.1 Å². The van der Waals surface area contributed by atoms with Gasteiger partial charge in [-0.2, -0.15) is 14.0 Å². The second-order valence-electron chi connectivity index (χ2n) is 15.3. The van der Waals surface area contributed by atoms with Crippen LogP contribution < -0.4 is 0 Å². The lowest BCUT2D eigenvalue weighted by atomic mass is 10.1. The van der Waals surface area contributed by atoms with Crippen molar-refractivity contribution in [2.24, 2.45) is 11.8 Å². The molecule has 2 atom stereocenters. The zero-order valence-electron chi connectivity index (χ0n) is 37.8. The summed E-state index contributed by atoms with van der Waals surface area (Å²) in [5.41, 5.74) is 6.46. The summed E-state index contributed by atoms with van der Waals surface area (Å²) in [5.74, 6) is 2.12. The minimum atomic E-state index is -3.62. The molecule has 0 fully saturated rings. The number of aliphatic hydroxyl groups is 1. The summed E-state index contributed by atoms with van der Waals surface area (Å²) < 4.78 is 30.2. The molecule has 0 amide bonds. The molecule has 8 aromatic rings. The Kier molecular flexibility index (Phi) is 20.7. The molecule has 8 rings (SSSR count). The first-order valence-electron chi connectivity index (χ1n) is 21.1. The van der Waals surface area contributed by atoms with E-state index in [1.165, 1.54) is 4.68 Å². The van der Waals surface area contributed by atoms with Gasteiger partial charge in [0.1, 0.15) is 0 Å². The lowest BCUT2D eigenvalue weighted by Crippen LogP contribution is -2.20. The van der Waals surface area contributed by atoms with E-state index in [4.69, 9.17) is 5.11 Å². The highest BCUT2D eigenvalue weighted by Gasteiger charge is 2.26. The fraction of sp³-hybridized carbons (Fsp3) is 0.255. The predicted octanol–water partition coefficient (Wildman–Crippen LogP) is 7.62. The minimum Gasteiger partial charge on any atom is -0.392 e. The lowest BCUT2D eigenvalue weighted by Gasteiger charge is -2.11. The van der Waals surface area contributed by atoms with Crippen molar-refractivity contribution in [3.8, 4) is 17.1 Å². The number of sulfone groups is 1. The van der Waals surface area contributed by atoms with Gasteiger partial charge in [-0.15, -0.1) is 10.2 Å². The number of thioether (sulfide) groups is 2. The highest BCUT2D eigenvalue weighted by atomic mass is 32.2. The normalized spacial score (nSPS) is 11.7. The highest BCUT2D eigenvalue weighted by Crippen LogP contribution is 2.23. The van der Waals surface area contributed by atoms with Crippen molar-refractivity contribution < 1.29 is 13.5 Å². The van der Waals surface area contributed by atoms with Gasteiger partial charge in [0, 0.05) is 35.3 Å². The average Bonchev–Trinajstić information content (AvgIpc) is 4.15. The monoisotopic (exact) mass is 958 g/mol. The van der Waals surface area contributed by atoms with E-state index in [0.29, 0.717) is 18.0 Å². The Morgan fingerprint density at radius 1 is 0.582 bits per heavy atom. The molecule has 2 unspecified atom stereocenters. The number of tetrazole rings is 3. The van der Waals surface area contributed by atoms with E-state index in [-0.39, 0.29) is 23.4 Å². The molecule has 348 valence electrons. The van der Waals surface area contributed by atoms with E-state index in [2.05, 4.69) is 82.7 Å². The number of para-hydroxylation sites is 3. The fourth-order valence-corrected chi connectivity index (χ4v) is 9.05. The molecule has 0 aliphatic heterocycles. The molecule has 20 heteroatoms. The quantitative estimate of drug-likeness (QED) is 0.0687. The fourth-order valence-electron chi connectivity index (χ4n) is 5.83. The van der Waals surface area contributed by atoms with Crippen LogP contribution in [0.3, 0.4) is 0 Å². The topological polar surface area (TPSA) is 211 Å². The number of hydrogen-bond donors (Lipinski definition) is 1. The van der Waals surface area contributed by atoms with Gasteiger partial charge in [0.25, 0.3) is 5.16 Å². The number of pyridine rings is 2. The maximum atomic E-state index is 12.7. The molecule has 0 saturated heterocycles. The number of nitrogens with zero attached hydrogens (tertiary/aromatic N) is 14. The van der Waals surface area contributed by atoms with E-state index in [0.717, 1.165) is 62.1 Å². The highest BCUT2D eigenvalue weighted by molar-refractivity contribution is 7.99. The van der Waals surface area contributed by atoms with Gasteiger partial charge in [-0.1, -0.05) is 134 Å². The summed E-state index contributed by atoms with van der Waals surface area (Å²) in [6.45, 7) is 15.3.